The number of carboxylic acid groups (broad SMARTS) is 1. The van der Waals surface area contributed by atoms with Gasteiger partial charge in [-0.25, -0.2) is 9.59 Å². The van der Waals surface area contributed by atoms with E-state index in [0.717, 1.165) is 0 Å². The number of urea groups is 1. The first-order chi connectivity index (χ1) is 8.29. The number of rotatable bonds is 6. The largest absolute Gasteiger partial charge is 0.480 e. The van der Waals surface area contributed by atoms with E-state index in [4.69, 9.17) is 10.4 Å². The zero-order chi connectivity index (χ0) is 14.3. The van der Waals surface area contributed by atoms with Crippen molar-refractivity contribution in [2.45, 2.75) is 45.7 Å². The monoisotopic (exact) mass is 255 g/mol. The summed E-state index contributed by atoms with van der Waals surface area (Å²) in [6.45, 7) is 5.52. The lowest BCUT2D eigenvalue weighted by Crippen LogP contribution is -2.49. The molecule has 0 spiro atoms. The Kier molecular flexibility index (Phi) is 6.79. The highest BCUT2D eigenvalue weighted by Gasteiger charge is 2.24. The zero-order valence-electron chi connectivity index (χ0n) is 11.3. The van der Waals surface area contributed by atoms with Crippen molar-refractivity contribution in [3.63, 3.8) is 0 Å². The van der Waals surface area contributed by atoms with Crippen LogP contribution in [0.5, 0.6) is 0 Å². The van der Waals surface area contributed by atoms with Crippen LogP contribution in [0.15, 0.2) is 0 Å². The minimum atomic E-state index is -1.04. The predicted octanol–water partition coefficient (Wildman–Crippen LogP) is 1.43. The van der Waals surface area contributed by atoms with Gasteiger partial charge in [0.25, 0.3) is 0 Å². The van der Waals surface area contributed by atoms with Crippen molar-refractivity contribution in [2.75, 3.05) is 7.05 Å². The van der Waals surface area contributed by atoms with Crippen molar-refractivity contribution in [2.24, 2.45) is 5.92 Å². The van der Waals surface area contributed by atoms with Crippen molar-refractivity contribution in [3.05, 3.63) is 0 Å². The molecule has 2 amide bonds. The van der Waals surface area contributed by atoms with E-state index in [0.29, 0.717) is 6.42 Å². The highest BCUT2D eigenvalue weighted by molar-refractivity contribution is 5.82. The van der Waals surface area contributed by atoms with Gasteiger partial charge in [-0.15, -0.1) is 0 Å². The van der Waals surface area contributed by atoms with Gasteiger partial charge < -0.3 is 15.3 Å². The van der Waals surface area contributed by atoms with Gasteiger partial charge in [0, 0.05) is 13.1 Å². The lowest BCUT2D eigenvalue weighted by Gasteiger charge is -2.26. The van der Waals surface area contributed by atoms with E-state index >= 15 is 0 Å². The van der Waals surface area contributed by atoms with Gasteiger partial charge in [-0.05, 0) is 19.3 Å². The smallest absolute Gasteiger partial charge is 0.326 e. The Morgan fingerprint density at radius 3 is 2.33 bits per heavy atom. The van der Waals surface area contributed by atoms with Crippen LogP contribution in [-0.4, -0.2) is 41.1 Å². The van der Waals surface area contributed by atoms with Gasteiger partial charge in [0.05, 0.1) is 12.5 Å². The van der Waals surface area contributed by atoms with Crippen molar-refractivity contribution in [1.82, 2.24) is 10.2 Å². The lowest BCUT2D eigenvalue weighted by molar-refractivity contribution is -0.139. The van der Waals surface area contributed by atoms with Crippen LogP contribution in [0.4, 0.5) is 4.79 Å². The molecular formula is C12H21N3O3. The second-order valence-corrected chi connectivity index (χ2v) is 4.79. The summed E-state index contributed by atoms with van der Waals surface area (Å²) < 4.78 is 0. The van der Waals surface area contributed by atoms with E-state index in [-0.39, 0.29) is 18.4 Å². The minimum absolute atomic E-state index is 0.174. The van der Waals surface area contributed by atoms with Gasteiger partial charge >= 0.3 is 12.0 Å². The van der Waals surface area contributed by atoms with E-state index in [1.807, 2.05) is 19.9 Å². The fourth-order valence-corrected chi connectivity index (χ4v) is 1.41. The summed E-state index contributed by atoms with van der Waals surface area (Å²) in [5.74, 6) is -0.869. The minimum Gasteiger partial charge on any atom is -0.480 e. The second-order valence-electron chi connectivity index (χ2n) is 4.79. The molecule has 0 saturated carbocycles. The molecule has 6 nitrogen and oxygen atoms in total. The molecule has 0 aromatic heterocycles. The van der Waals surface area contributed by atoms with Gasteiger partial charge in [0.15, 0.2) is 0 Å². The van der Waals surface area contributed by atoms with Crippen LogP contribution in [0.1, 0.15) is 33.6 Å². The maximum atomic E-state index is 11.8. The Hall–Kier alpha value is -1.77. The second kappa shape index (κ2) is 7.54. The van der Waals surface area contributed by atoms with E-state index < -0.39 is 18.0 Å². The topological polar surface area (TPSA) is 93.4 Å². The quantitative estimate of drug-likeness (QED) is 0.750. The van der Waals surface area contributed by atoms with Crippen LogP contribution in [-0.2, 0) is 4.79 Å². The first kappa shape index (κ1) is 16.2. The molecule has 0 aromatic rings. The molecule has 0 aliphatic carbocycles. The molecule has 102 valence electrons. The zero-order valence-corrected chi connectivity index (χ0v) is 11.3. The highest BCUT2D eigenvalue weighted by Crippen LogP contribution is 2.07. The normalized spacial score (nSPS) is 13.6. The number of hydrogen-bond acceptors (Lipinski definition) is 3. The molecule has 18 heavy (non-hydrogen) atoms. The van der Waals surface area contributed by atoms with Gasteiger partial charge in [-0.2, -0.15) is 5.26 Å². The van der Waals surface area contributed by atoms with Crippen molar-refractivity contribution in [3.8, 4) is 6.07 Å². The van der Waals surface area contributed by atoms with Crippen molar-refractivity contribution >= 4 is 12.0 Å². The number of carbonyl (C=O) groups excluding carboxylic acids is 1. The molecule has 0 radical (unpaired) electrons. The molecule has 0 aliphatic heterocycles. The molecule has 0 aliphatic rings. The van der Waals surface area contributed by atoms with Gasteiger partial charge in [0.2, 0.25) is 0 Å². The Labute approximate surface area is 108 Å². The average Bonchev–Trinajstić information content (AvgIpc) is 2.26. The number of nitrogens with one attached hydrogen (secondary N) is 1. The van der Waals surface area contributed by atoms with Crippen LogP contribution in [0.25, 0.3) is 0 Å². The van der Waals surface area contributed by atoms with E-state index in [1.54, 1.807) is 14.0 Å². The molecule has 0 bridgehead atoms. The van der Waals surface area contributed by atoms with Crippen LogP contribution >= 0.6 is 0 Å². The summed E-state index contributed by atoms with van der Waals surface area (Å²) in [5.41, 5.74) is 0. The lowest BCUT2D eigenvalue weighted by atomic mass is 10.0. The number of nitriles is 1. The third kappa shape index (κ3) is 5.53. The van der Waals surface area contributed by atoms with E-state index in [1.165, 1.54) is 4.90 Å². The van der Waals surface area contributed by atoms with Crippen LogP contribution in [0, 0.1) is 17.2 Å². The predicted molar refractivity (Wildman–Crippen MR) is 66.9 cm³/mol. The molecule has 0 saturated heterocycles. The van der Waals surface area contributed by atoms with Crippen LogP contribution in [0.3, 0.4) is 0 Å². The molecular weight excluding hydrogens is 234 g/mol. The molecule has 0 rings (SSSR count). The van der Waals surface area contributed by atoms with Crippen molar-refractivity contribution in [1.29, 1.82) is 5.26 Å². The number of hydrogen-bond donors (Lipinski definition) is 2. The third-order valence-corrected chi connectivity index (χ3v) is 2.67. The number of nitrogens with zero attached hydrogens (tertiary/aromatic N) is 2. The Bertz CT molecular complexity index is 336. The molecule has 2 N–H and O–H groups in total. The average molecular weight is 255 g/mol. The third-order valence-electron chi connectivity index (χ3n) is 2.67. The molecule has 1 unspecified atom stereocenters. The van der Waals surface area contributed by atoms with Gasteiger partial charge in [-0.1, -0.05) is 13.8 Å². The number of carboxylic acids is 1. The first-order valence-electron chi connectivity index (χ1n) is 5.92. The van der Waals surface area contributed by atoms with Crippen molar-refractivity contribution < 1.29 is 14.7 Å². The van der Waals surface area contributed by atoms with Gasteiger partial charge in [0.1, 0.15) is 6.04 Å². The highest BCUT2D eigenvalue weighted by atomic mass is 16.4. The Morgan fingerprint density at radius 2 is 1.94 bits per heavy atom. The first-order valence-corrected chi connectivity index (χ1v) is 5.92. The summed E-state index contributed by atoms with van der Waals surface area (Å²) in [6, 6.07) is 0.366. The molecule has 0 heterocycles. The standard InChI is InChI=1S/C12H21N3O3/c1-8(2)7-10(11(16)17)14-12(18)15(4)9(3)5-6-13/h8-10H,5,7H2,1-4H3,(H,14,18)(H,16,17)/t9?,10-/m1/s1. The fraction of sp³-hybridized carbons (Fsp3) is 0.750. The number of aliphatic carboxylic acids is 1. The number of carbonyl (C=O) groups is 2. The SMILES string of the molecule is CC(C)C[C@@H](NC(=O)N(C)C(C)CC#N)C(=O)O. The molecule has 0 fully saturated rings. The maximum absolute atomic E-state index is 11.8. The molecule has 6 heteroatoms. The van der Waals surface area contributed by atoms with E-state index in [2.05, 4.69) is 5.32 Å². The van der Waals surface area contributed by atoms with Crippen LogP contribution in [0.2, 0.25) is 0 Å². The van der Waals surface area contributed by atoms with Gasteiger partial charge in [-0.3, -0.25) is 0 Å². The summed E-state index contributed by atoms with van der Waals surface area (Å²) in [5, 5.41) is 20.0. The Morgan fingerprint density at radius 1 is 1.39 bits per heavy atom. The summed E-state index contributed by atoms with van der Waals surface area (Å²) in [6.07, 6.45) is 0.591. The fourth-order valence-electron chi connectivity index (χ4n) is 1.41. The van der Waals surface area contributed by atoms with E-state index in [9.17, 15) is 9.59 Å². The van der Waals surface area contributed by atoms with Crippen LogP contribution < -0.4 is 5.32 Å². The summed E-state index contributed by atoms with van der Waals surface area (Å²) in [7, 11) is 1.55. The molecule has 2 atom stereocenters. The maximum Gasteiger partial charge on any atom is 0.326 e. The summed E-state index contributed by atoms with van der Waals surface area (Å²) >= 11 is 0. The molecule has 0 aromatic carbocycles. The summed E-state index contributed by atoms with van der Waals surface area (Å²) in [4.78, 5) is 24.1. The Balaban J connectivity index is 4.51. The number of amides is 2.